The van der Waals surface area contributed by atoms with Gasteiger partial charge in [-0.25, -0.2) is 0 Å². The lowest BCUT2D eigenvalue weighted by Crippen LogP contribution is -2.73. The molecule has 140 valence electrons. The van der Waals surface area contributed by atoms with Crippen molar-refractivity contribution in [2.24, 2.45) is 0 Å². The smallest absolute Gasteiger partial charge is 0.222 e. The van der Waals surface area contributed by atoms with Crippen LogP contribution in [0.15, 0.2) is 0 Å². The molecule has 6 unspecified atom stereocenters. The molecular weight excluding hydrogens is 344 g/mol. The Balaban J connectivity index is 2.00. The monoisotopic (exact) mass is 364 g/mol. The summed E-state index contributed by atoms with van der Waals surface area (Å²) in [5, 5.41) is 3.22. The van der Waals surface area contributed by atoms with Crippen LogP contribution in [0.5, 0.6) is 0 Å². The van der Waals surface area contributed by atoms with Crippen molar-refractivity contribution in [3.05, 3.63) is 0 Å². The number of rotatable bonds is 1. The maximum atomic E-state index is 12.4. The van der Waals surface area contributed by atoms with Crippen LogP contribution in [0.1, 0.15) is 27.7 Å². The number of nitrogens with one attached hydrogen (secondary N) is 1. The maximum absolute atomic E-state index is 12.4. The van der Waals surface area contributed by atoms with Crippen molar-refractivity contribution in [3.8, 4) is 0 Å². The fourth-order valence-corrected chi connectivity index (χ4v) is 4.99. The van der Waals surface area contributed by atoms with Crippen LogP contribution in [0.3, 0.4) is 0 Å². The van der Waals surface area contributed by atoms with Crippen molar-refractivity contribution >= 4 is 30.0 Å². The Morgan fingerprint density at radius 3 is 1.27 bits per heavy atom. The lowest BCUT2D eigenvalue weighted by atomic mass is 10.1. The van der Waals surface area contributed by atoms with E-state index in [0.717, 1.165) is 0 Å². The van der Waals surface area contributed by atoms with Crippen molar-refractivity contribution in [2.75, 3.05) is 0 Å². The number of nitrogens with zero attached hydrogens (tertiary/aromatic N) is 5. The summed E-state index contributed by atoms with van der Waals surface area (Å²) in [6.45, 7) is 5.42. The molecule has 5 heterocycles. The number of amides is 5. The van der Waals surface area contributed by atoms with Crippen LogP contribution in [0.25, 0.3) is 0 Å². The molecule has 11 heteroatoms. The SMILES string of the molecule is CC(=O)N1C2NC3C4N(C=O)C2N(C(C)=O)C1C(N3C(C)=O)N4C(C)=O. The van der Waals surface area contributed by atoms with Crippen molar-refractivity contribution in [3.63, 3.8) is 0 Å². The molecule has 5 fully saturated rings. The van der Waals surface area contributed by atoms with Crippen molar-refractivity contribution in [1.82, 2.24) is 29.8 Å². The lowest BCUT2D eigenvalue weighted by Gasteiger charge is -2.48. The molecule has 1 N–H and O–H groups in total. The molecule has 0 aliphatic carbocycles. The van der Waals surface area contributed by atoms with Gasteiger partial charge in [-0.1, -0.05) is 0 Å². The summed E-state index contributed by atoms with van der Waals surface area (Å²) in [5.74, 6) is -1.32. The first kappa shape index (κ1) is 16.8. The molecular formula is C15H20N6O5. The Morgan fingerprint density at radius 1 is 0.654 bits per heavy atom. The van der Waals surface area contributed by atoms with Crippen molar-refractivity contribution in [2.45, 2.75) is 64.7 Å². The molecule has 6 atom stereocenters. The van der Waals surface area contributed by atoms with Gasteiger partial charge in [0.25, 0.3) is 0 Å². The molecule has 5 aliphatic heterocycles. The molecule has 5 saturated heterocycles. The Labute approximate surface area is 149 Å². The third kappa shape index (κ3) is 1.73. The number of carbonyl (C=O) groups excluding carboxylic acids is 5. The van der Waals surface area contributed by atoms with Gasteiger partial charge in [0, 0.05) is 27.7 Å². The summed E-state index contributed by atoms with van der Waals surface area (Å²) >= 11 is 0. The summed E-state index contributed by atoms with van der Waals surface area (Å²) in [5.41, 5.74) is 0. The van der Waals surface area contributed by atoms with Gasteiger partial charge >= 0.3 is 0 Å². The van der Waals surface area contributed by atoms with E-state index in [1.807, 2.05) is 0 Å². The summed E-state index contributed by atoms with van der Waals surface area (Å²) in [7, 11) is 0. The molecule has 0 saturated carbocycles. The van der Waals surface area contributed by atoms with E-state index in [1.54, 1.807) is 0 Å². The highest BCUT2D eigenvalue weighted by Gasteiger charge is 2.72. The van der Waals surface area contributed by atoms with Gasteiger partial charge in [-0.15, -0.1) is 0 Å². The predicted octanol–water partition coefficient (Wildman–Crippen LogP) is -2.56. The van der Waals surface area contributed by atoms with E-state index in [4.69, 9.17) is 0 Å². The number of piperazine rings is 1. The second kappa shape index (κ2) is 5.16. The minimum atomic E-state index is -0.861. The molecule has 5 rings (SSSR count). The van der Waals surface area contributed by atoms with Gasteiger partial charge in [0.05, 0.1) is 0 Å². The summed E-state index contributed by atoms with van der Waals surface area (Å²) < 4.78 is 0. The van der Waals surface area contributed by atoms with Crippen LogP contribution in [0.4, 0.5) is 0 Å². The standard InChI is InChI=1S/C15H20N6O5/c1-6(23)18-10-12-17(5-22)13-11(16-10)19(7(2)24)15(21(13)9(4)26)14(18)20(12)8(3)25/h5,10-16H,1-4H3. The summed E-state index contributed by atoms with van der Waals surface area (Å²) in [4.78, 5) is 68.8. The molecule has 6 bridgehead atoms. The molecule has 0 aromatic carbocycles. The Bertz CT molecular complexity index is 686. The quantitative estimate of drug-likeness (QED) is 0.512. The summed E-state index contributed by atoms with van der Waals surface area (Å²) in [6.07, 6.45) is -3.90. The highest BCUT2D eigenvalue weighted by Crippen LogP contribution is 2.47. The molecule has 5 aliphatic rings. The Hall–Kier alpha value is -2.69. The highest BCUT2D eigenvalue weighted by molar-refractivity contribution is 5.84. The van der Waals surface area contributed by atoms with Gasteiger partial charge in [-0.05, 0) is 0 Å². The van der Waals surface area contributed by atoms with Crippen LogP contribution in [-0.2, 0) is 24.0 Å². The first-order valence-corrected chi connectivity index (χ1v) is 8.36. The van der Waals surface area contributed by atoms with E-state index >= 15 is 0 Å². The number of carbonyl (C=O) groups is 5. The minimum Gasteiger partial charge on any atom is -0.299 e. The van der Waals surface area contributed by atoms with E-state index in [9.17, 15) is 24.0 Å². The predicted molar refractivity (Wildman–Crippen MR) is 83.8 cm³/mol. The highest BCUT2D eigenvalue weighted by atomic mass is 16.2. The van der Waals surface area contributed by atoms with E-state index in [0.29, 0.717) is 6.41 Å². The van der Waals surface area contributed by atoms with Gasteiger partial charge in [0.1, 0.15) is 37.0 Å². The summed E-state index contributed by atoms with van der Waals surface area (Å²) in [6, 6.07) is 0. The fourth-order valence-electron chi connectivity index (χ4n) is 4.99. The van der Waals surface area contributed by atoms with Gasteiger partial charge in [-0.2, -0.15) is 0 Å². The van der Waals surface area contributed by atoms with Gasteiger partial charge < -0.3 is 0 Å². The third-order valence-electron chi connectivity index (χ3n) is 5.67. The van der Waals surface area contributed by atoms with Crippen LogP contribution in [0, 0.1) is 0 Å². The molecule has 0 aromatic rings. The first-order chi connectivity index (χ1) is 12.2. The second-order valence-corrected chi connectivity index (χ2v) is 6.97. The number of hydrogen-bond donors (Lipinski definition) is 1. The van der Waals surface area contributed by atoms with E-state index in [1.165, 1.54) is 52.2 Å². The average molecular weight is 364 g/mol. The van der Waals surface area contributed by atoms with Crippen molar-refractivity contribution < 1.29 is 24.0 Å². The van der Waals surface area contributed by atoms with E-state index in [2.05, 4.69) is 5.32 Å². The van der Waals surface area contributed by atoms with Crippen molar-refractivity contribution in [1.29, 1.82) is 0 Å². The van der Waals surface area contributed by atoms with Crippen LogP contribution < -0.4 is 5.32 Å². The Kier molecular flexibility index (Phi) is 3.33. The zero-order valence-electron chi connectivity index (χ0n) is 14.8. The van der Waals surface area contributed by atoms with E-state index < -0.39 is 37.0 Å². The zero-order valence-corrected chi connectivity index (χ0v) is 14.8. The van der Waals surface area contributed by atoms with Gasteiger partial charge in [0.2, 0.25) is 30.0 Å². The van der Waals surface area contributed by atoms with Gasteiger partial charge in [0.15, 0.2) is 0 Å². The first-order valence-electron chi connectivity index (χ1n) is 8.36. The molecule has 5 amide bonds. The Morgan fingerprint density at radius 2 is 1.00 bits per heavy atom. The normalized spacial score (nSPS) is 36.7. The van der Waals surface area contributed by atoms with Crippen LogP contribution in [0.2, 0.25) is 0 Å². The maximum Gasteiger partial charge on any atom is 0.222 e. The van der Waals surface area contributed by atoms with Crippen LogP contribution in [-0.4, -0.2) is 91.5 Å². The lowest BCUT2D eigenvalue weighted by molar-refractivity contribution is -0.154. The molecule has 26 heavy (non-hydrogen) atoms. The average Bonchev–Trinajstić information content (AvgIpc) is 2.95. The molecule has 11 nitrogen and oxygen atoms in total. The molecule has 0 spiro atoms. The van der Waals surface area contributed by atoms with Crippen LogP contribution >= 0.6 is 0 Å². The van der Waals surface area contributed by atoms with E-state index in [-0.39, 0.29) is 23.6 Å². The fraction of sp³-hybridized carbons (Fsp3) is 0.667. The largest absolute Gasteiger partial charge is 0.299 e. The molecule has 0 radical (unpaired) electrons. The topological polar surface area (TPSA) is 114 Å². The second-order valence-electron chi connectivity index (χ2n) is 6.97. The molecule has 0 aromatic heterocycles. The minimum absolute atomic E-state index is 0.315. The zero-order chi connectivity index (χ0) is 19.1. The van der Waals surface area contributed by atoms with Gasteiger partial charge in [-0.3, -0.25) is 53.8 Å². The third-order valence-corrected chi connectivity index (χ3v) is 5.67. The number of hydrogen-bond acceptors (Lipinski definition) is 6.